The number of nitrogens with zero attached hydrogens (tertiary/aromatic N) is 2. The highest BCUT2D eigenvalue weighted by Gasteiger charge is 2.21. The van der Waals surface area contributed by atoms with E-state index in [1.165, 1.54) is 12.5 Å². The van der Waals surface area contributed by atoms with Crippen LogP contribution in [-0.2, 0) is 0 Å². The molecule has 100 valence electrons. The van der Waals surface area contributed by atoms with E-state index in [0.29, 0.717) is 11.4 Å². The van der Waals surface area contributed by atoms with Gasteiger partial charge in [0.05, 0.1) is 11.6 Å². The zero-order chi connectivity index (χ0) is 13.2. The number of aromatic nitrogens is 2. The van der Waals surface area contributed by atoms with Crippen LogP contribution in [0, 0.1) is 12.7 Å². The van der Waals surface area contributed by atoms with E-state index in [-0.39, 0.29) is 17.7 Å². The van der Waals surface area contributed by atoms with Crippen LogP contribution in [0.5, 0.6) is 0 Å². The van der Waals surface area contributed by atoms with Crippen molar-refractivity contribution in [3.63, 3.8) is 0 Å². The molecule has 2 heterocycles. The van der Waals surface area contributed by atoms with Gasteiger partial charge in [-0.1, -0.05) is 17.6 Å². The Balaban J connectivity index is 1.87. The first-order valence-corrected chi connectivity index (χ1v) is 6.57. The van der Waals surface area contributed by atoms with E-state index in [1.54, 1.807) is 6.07 Å². The second-order valence-electron chi connectivity index (χ2n) is 4.94. The number of aryl methyl sites for hydroxylation is 1. The summed E-state index contributed by atoms with van der Waals surface area (Å²) in [4.78, 5) is 4.31. The molecule has 0 amide bonds. The Bertz CT molecular complexity index is 576. The van der Waals surface area contributed by atoms with E-state index in [0.717, 1.165) is 24.9 Å². The summed E-state index contributed by atoms with van der Waals surface area (Å²) in [7, 11) is 0. The Morgan fingerprint density at radius 2 is 2.26 bits per heavy atom. The molecule has 2 aromatic rings. The standard InChI is InChI=1S/C14H16FN3O/c1-9-5-6-10(11(15)8-9)14-17-13(18-19-14)12-4-2-3-7-16-12/h5-6,8,12,16H,2-4,7H2,1H3. The van der Waals surface area contributed by atoms with Crippen molar-refractivity contribution in [3.05, 3.63) is 35.4 Å². The highest BCUT2D eigenvalue weighted by Crippen LogP contribution is 2.25. The third-order valence-electron chi connectivity index (χ3n) is 3.42. The molecule has 5 heteroatoms. The van der Waals surface area contributed by atoms with Crippen molar-refractivity contribution >= 4 is 0 Å². The van der Waals surface area contributed by atoms with Gasteiger partial charge in [0.2, 0.25) is 0 Å². The second-order valence-corrected chi connectivity index (χ2v) is 4.94. The molecular weight excluding hydrogens is 245 g/mol. The molecule has 1 aromatic heterocycles. The van der Waals surface area contributed by atoms with Crippen molar-refractivity contribution in [2.24, 2.45) is 0 Å². The maximum atomic E-state index is 13.8. The van der Waals surface area contributed by atoms with Crippen molar-refractivity contribution in [3.8, 4) is 11.5 Å². The summed E-state index contributed by atoms with van der Waals surface area (Å²) in [6, 6.07) is 5.11. The molecule has 0 saturated carbocycles. The van der Waals surface area contributed by atoms with Crippen LogP contribution in [0.4, 0.5) is 4.39 Å². The summed E-state index contributed by atoms with van der Waals surface area (Å²) in [5.41, 5.74) is 1.23. The SMILES string of the molecule is Cc1ccc(-c2nc(C3CCCCN3)no2)c(F)c1. The summed E-state index contributed by atoms with van der Waals surface area (Å²) in [5, 5.41) is 7.31. The Hall–Kier alpha value is -1.75. The lowest BCUT2D eigenvalue weighted by Gasteiger charge is -2.19. The van der Waals surface area contributed by atoms with Gasteiger partial charge in [-0.25, -0.2) is 4.39 Å². The molecule has 1 fully saturated rings. The number of rotatable bonds is 2. The van der Waals surface area contributed by atoms with Crippen molar-refractivity contribution in [2.45, 2.75) is 32.2 Å². The molecule has 0 aliphatic carbocycles. The molecule has 19 heavy (non-hydrogen) atoms. The Labute approximate surface area is 111 Å². The van der Waals surface area contributed by atoms with E-state index in [4.69, 9.17) is 4.52 Å². The van der Waals surface area contributed by atoms with Gasteiger partial charge in [-0.3, -0.25) is 0 Å². The fourth-order valence-electron chi connectivity index (χ4n) is 2.35. The predicted molar refractivity (Wildman–Crippen MR) is 69.0 cm³/mol. The summed E-state index contributed by atoms with van der Waals surface area (Å²) >= 11 is 0. The highest BCUT2D eigenvalue weighted by molar-refractivity contribution is 5.54. The molecule has 3 rings (SSSR count). The van der Waals surface area contributed by atoms with Crippen LogP contribution in [0.25, 0.3) is 11.5 Å². The van der Waals surface area contributed by atoms with Gasteiger partial charge in [0.25, 0.3) is 5.89 Å². The van der Waals surface area contributed by atoms with Gasteiger partial charge < -0.3 is 9.84 Å². The lowest BCUT2D eigenvalue weighted by atomic mass is 10.0. The van der Waals surface area contributed by atoms with Gasteiger partial charge in [0.15, 0.2) is 5.82 Å². The molecule has 1 saturated heterocycles. The summed E-state index contributed by atoms with van der Waals surface area (Å²) < 4.78 is 19.0. The van der Waals surface area contributed by atoms with Crippen LogP contribution in [0.3, 0.4) is 0 Å². The van der Waals surface area contributed by atoms with Crippen molar-refractivity contribution in [1.82, 2.24) is 15.5 Å². The Morgan fingerprint density at radius 1 is 1.37 bits per heavy atom. The first kappa shape index (κ1) is 12.3. The number of benzene rings is 1. The van der Waals surface area contributed by atoms with Crippen LogP contribution >= 0.6 is 0 Å². The van der Waals surface area contributed by atoms with Crippen LogP contribution in [-0.4, -0.2) is 16.7 Å². The number of piperidine rings is 1. The molecule has 1 N–H and O–H groups in total. The van der Waals surface area contributed by atoms with Crippen LogP contribution in [0.2, 0.25) is 0 Å². The zero-order valence-electron chi connectivity index (χ0n) is 10.8. The maximum Gasteiger partial charge on any atom is 0.260 e. The molecule has 1 aliphatic rings. The average Bonchev–Trinajstić information content (AvgIpc) is 2.89. The van der Waals surface area contributed by atoms with Crippen LogP contribution in [0.1, 0.15) is 36.7 Å². The van der Waals surface area contributed by atoms with Gasteiger partial charge in [0.1, 0.15) is 5.82 Å². The van der Waals surface area contributed by atoms with Gasteiger partial charge in [0, 0.05) is 0 Å². The third-order valence-corrected chi connectivity index (χ3v) is 3.42. The molecule has 4 nitrogen and oxygen atoms in total. The van der Waals surface area contributed by atoms with E-state index < -0.39 is 0 Å². The second kappa shape index (κ2) is 5.09. The molecule has 1 aromatic carbocycles. The number of halogens is 1. The summed E-state index contributed by atoms with van der Waals surface area (Å²) in [6.45, 7) is 2.81. The number of hydrogen-bond acceptors (Lipinski definition) is 4. The topological polar surface area (TPSA) is 51.0 Å². The van der Waals surface area contributed by atoms with Crippen molar-refractivity contribution < 1.29 is 8.91 Å². The van der Waals surface area contributed by atoms with Gasteiger partial charge in [-0.05, 0) is 44.0 Å². The first-order valence-electron chi connectivity index (χ1n) is 6.57. The molecule has 1 aliphatic heterocycles. The highest BCUT2D eigenvalue weighted by atomic mass is 19.1. The van der Waals surface area contributed by atoms with Gasteiger partial charge in [-0.2, -0.15) is 4.98 Å². The molecular formula is C14H16FN3O. The lowest BCUT2D eigenvalue weighted by molar-refractivity contribution is 0.366. The van der Waals surface area contributed by atoms with E-state index in [9.17, 15) is 4.39 Å². The lowest BCUT2D eigenvalue weighted by Crippen LogP contribution is -2.27. The van der Waals surface area contributed by atoms with Crippen LogP contribution in [0.15, 0.2) is 22.7 Å². The predicted octanol–water partition coefficient (Wildman–Crippen LogP) is 3.00. The van der Waals surface area contributed by atoms with E-state index in [1.807, 2.05) is 13.0 Å². The van der Waals surface area contributed by atoms with Gasteiger partial charge in [-0.15, -0.1) is 0 Å². The monoisotopic (exact) mass is 261 g/mol. The molecule has 1 unspecified atom stereocenters. The molecule has 0 bridgehead atoms. The minimum Gasteiger partial charge on any atom is -0.334 e. The quantitative estimate of drug-likeness (QED) is 0.902. The largest absolute Gasteiger partial charge is 0.334 e. The first-order chi connectivity index (χ1) is 9.24. The Morgan fingerprint density at radius 3 is 3.00 bits per heavy atom. The third kappa shape index (κ3) is 2.51. The number of nitrogens with one attached hydrogen (secondary N) is 1. The average molecular weight is 261 g/mol. The fourth-order valence-corrected chi connectivity index (χ4v) is 2.35. The van der Waals surface area contributed by atoms with Gasteiger partial charge >= 0.3 is 0 Å². The molecule has 0 spiro atoms. The number of hydrogen-bond donors (Lipinski definition) is 1. The van der Waals surface area contributed by atoms with E-state index in [2.05, 4.69) is 15.5 Å². The molecule has 0 radical (unpaired) electrons. The Kier molecular flexibility index (Phi) is 3.29. The minimum atomic E-state index is -0.327. The van der Waals surface area contributed by atoms with Crippen molar-refractivity contribution in [1.29, 1.82) is 0 Å². The minimum absolute atomic E-state index is 0.125. The van der Waals surface area contributed by atoms with Crippen molar-refractivity contribution in [2.75, 3.05) is 6.54 Å². The molecule has 1 atom stereocenters. The smallest absolute Gasteiger partial charge is 0.260 e. The summed E-state index contributed by atoms with van der Waals surface area (Å²) in [6.07, 6.45) is 3.32. The summed E-state index contributed by atoms with van der Waals surface area (Å²) in [5.74, 6) is 0.543. The maximum absolute atomic E-state index is 13.8. The van der Waals surface area contributed by atoms with Crippen LogP contribution < -0.4 is 5.32 Å². The normalized spacial score (nSPS) is 19.6. The fraction of sp³-hybridized carbons (Fsp3) is 0.429. The van der Waals surface area contributed by atoms with E-state index >= 15 is 0 Å². The zero-order valence-corrected chi connectivity index (χ0v) is 10.8.